The number of halogens is 2. The molecule has 0 aliphatic heterocycles. The monoisotopic (exact) mass is 337 g/mol. The Labute approximate surface area is 124 Å². The maximum atomic E-state index is 13.3. The second-order valence-electron chi connectivity index (χ2n) is 4.16. The highest BCUT2D eigenvalue weighted by molar-refractivity contribution is 9.10. The molecule has 2 rings (SSSR count). The number of rotatable bonds is 4. The van der Waals surface area contributed by atoms with Crippen molar-refractivity contribution in [3.05, 3.63) is 69.9 Å². The Morgan fingerprint density at radius 2 is 1.90 bits per heavy atom. The Kier molecular flexibility index (Phi) is 5.12. The van der Waals surface area contributed by atoms with Gasteiger partial charge in [0.2, 0.25) is 0 Å². The van der Waals surface area contributed by atoms with Crippen LogP contribution in [-0.2, 0) is 17.9 Å². The Balaban J connectivity index is 1.79. The zero-order chi connectivity index (χ0) is 14.4. The van der Waals surface area contributed by atoms with E-state index in [0.717, 1.165) is 5.56 Å². The van der Waals surface area contributed by atoms with E-state index in [0.29, 0.717) is 10.0 Å². The first-order valence-electron chi connectivity index (χ1n) is 6.03. The first-order chi connectivity index (χ1) is 9.65. The van der Waals surface area contributed by atoms with Crippen LogP contribution in [0.25, 0.3) is 0 Å². The van der Waals surface area contributed by atoms with Crippen LogP contribution in [-0.4, -0.2) is 6.09 Å². The van der Waals surface area contributed by atoms with E-state index >= 15 is 0 Å². The van der Waals surface area contributed by atoms with E-state index < -0.39 is 6.09 Å². The fourth-order valence-electron chi connectivity index (χ4n) is 1.60. The summed E-state index contributed by atoms with van der Waals surface area (Å²) in [5.41, 5.74) is 1.58. The summed E-state index contributed by atoms with van der Waals surface area (Å²) in [6, 6.07) is 14.1. The van der Waals surface area contributed by atoms with Gasteiger partial charge in [0.25, 0.3) is 0 Å². The third-order valence-corrected chi connectivity index (χ3v) is 3.28. The Morgan fingerprint density at radius 1 is 1.15 bits per heavy atom. The summed E-state index contributed by atoms with van der Waals surface area (Å²) in [4.78, 5) is 11.5. The standard InChI is InChI=1S/C15H13BrFNO2/c16-13-7-6-12(8-14(13)17)9-18-15(19)20-10-11-4-2-1-3-5-11/h1-8H,9-10H2,(H,18,19). The number of hydrogen-bond acceptors (Lipinski definition) is 2. The Bertz CT molecular complexity index is 590. The molecule has 0 saturated heterocycles. The molecule has 104 valence electrons. The second-order valence-corrected chi connectivity index (χ2v) is 5.02. The smallest absolute Gasteiger partial charge is 0.407 e. The molecule has 0 heterocycles. The van der Waals surface area contributed by atoms with Gasteiger partial charge in [0.1, 0.15) is 12.4 Å². The number of benzene rings is 2. The van der Waals surface area contributed by atoms with Gasteiger partial charge in [-0.15, -0.1) is 0 Å². The Hall–Kier alpha value is -1.88. The van der Waals surface area contributed by atoms with Gasteiger partial charge in [0.15, 0.2) is 0 Å². The number of ether oxygens (including phenoxy) is 1. The van der Waals surface area contributed by atoms with Gasteiger partial charge < -0.3 is 10.1 Å². The molecular weight excluding hydrogens is 325 g/mol. The van der Waals surface area contributed by atoms with Crippen LogP contribution in [0.2, 0.25) is 0 Å². The summed E-state index contributed by atoms with van der Waals surface area (Å²) in [6.07, 6.45) is -0.530. The third kappa shape index (κ3) is 4.35. The van der Waals surface area contributed by atoms with Gasteiger partial charge in [-0.2, -0.15) is 0 Å². The first kappa shape index (κ1) is 14.5. The molecule has 1 N–H and O–H groups in total. The SMILES string of the molecule is O=C(NCc1ccc(Br)c(F)c1)OCc1ccccc1. The van der Waals surface area contributed by atoms with Crippen LogP contribution in [0, 0.1) is 5.82 Å². The van der Waals surface area contributed by atoms with Crippen LogP contribution >= 0.6 is 15.9 Å². The van der Waals surface area contributed by atoms with Crippen molar-refractivity contribution in [1.82, 2.24) is 5.32 Å². The molecule has 0 atom stereocenters. The van der Waals surface area contributed by atoms with E-state index in [4.69, 9.17) is 4.74 Å². The van der Waals surface area contributed by atoms with Crippen LogP contribution in [0.4, 0.5) is 9.18 Å². The number of hydrogen-bond donors (Lipinski definition) is 1. The summed E-state index contributed by atoms with van der Waals surface area (Å²) in [5, 5.41) is 2.57. The van der Waals surface area contributed by atoms with Crippen molar-refractivity contribution >= 4 is 22.0 Å². The molecule has 0 bridgehead atoms. The van der Waals surface area contributed by atoms with Gasteiger partial charge in [0, 0.05) is 6.54 Å². The summed E-state index contributed by atoms with van der Waals surface area (Å²) in [6.45, 7) is 0.430. The zero-order valence-corrected chi connectivity index (χ0v) is 12.2. The highest BCUT2D eigenvalue weighted by Gasteiger charge is 2.04. The fourth-order valence-corrected chi connectivity index (χ4v) is 1.84. The molecule has 5 heteroatoms. The summed E-state index contributed by atoms with van der Waals surface area (Å²) in [7, 11) is 0. The summed E-state index contributed by atoms with van der Waals surface area (Å²) in [5.74, 6) is -0.359. The van der Waals surface area contributed by atoms with E-state index in [9.17, 15) is 9.18 Å². The molecule has 0 fully saturated rings. The quantitative estimate of drug-likeness (QED) is 0.915. The molecule has 0 saturated carbocycles. The first-order valence-corrected chi connectivity index (χ1v) is 6.83. The summed E-state index contributed by atoms with van der Waals surface area (Å²) >= 11 is 3.07. The predicted octanol–water partition coefficient (Wildman–Crippen LogP) is 4.01. The topological polar surface area (TPSA) is 38.3 Å². The number of alkyl carbamates (subject to hydrolysis) is 1. The van der Waals surface area contributed by atoms with Crippen LogP contribution in [0.15, 0.2) is 53.0 Å². The molecule has 0 aliphatic rings. The van der Waals surface area contributed by atoms with Gasteiger partial charge >= 0.3 is 6.09 Å². The van der Waals surface area contributed by atoms with Crippen LogP contribution in [0.3, 0.4) is 0 Å². The minimum absolute atomic E-state index is 0.210. The molecular formula is C15H13BrFNO2. The fraction of sp³-hybridized carbons (Fsp3) is 0.133. The molecule has 0 spiro atoms. The molecule has 0 aromatic heterocycles. The number of amides is 1. The van der Waals surface area contributed by atoms with Gasteiger partial charge in [0.05, 0.1) is 4.47 Å². The van der Waals surface area contributed by atoms with Crippen molar-refractivity contribution in [1.29, 1.82) is 0 Å². The maximum Gasteiger partial charge on any atom is 0.407 e. The van der Waals surface area contributed by atoms with Crippen molar-refractivity contribution in [2.24, 2.45) is 0 Å². The molecule has 20 heavy (non-hydrogen) atoms. The Morgan fingerprint density at radius 3 is 2.60 bits per heavy atom. The maximum absolute atomic E-state index is 13.3. The number of nitrogens with one attached hydrogen (secondary N) is 1. The van der Waals surface area contributed by atoms with Gasteiger partial charge in [-0.05, 0) is 39.2 Å². The van der Waals surface area contributed by atoms with Crippen LogP contribution in [0.5, 0.6) is 0 Å². The lowest BCUT2D eigenvalue weighted by Crippen LogP contribution is -2.23. The molecule has 0 radical (unpaired) electrons. The van der Waals surface area contributed by atoms with Crippen LogP contribution < -0.4 is 5.32 Å². The van der Waals surface area contributed by atoms with E-state index in [1.54, 1.807) is 12.1 Å². The molecule has 0 aliphatic carbocycles. The lowest BCUT2D eigenvalue weighted by atomic mass is 10.2. The van der Waals surface area contributed by atoms with Gasteiger partial charge in [-0.1, -0.05) is 36.4 Å². The van der Waals surface area contributed by atoms with Gasteiger partial charge in [-0.25, -0.2) is 9.18 Å². The minimum atomic E-state index is -0.530. The molecule has 1 amide bonds. The van der Waals surface area contributed by atoms with E-state index in [1.165, 1.54) is 6.07 Å². The third-order valence-electron chi connectivity index (χ3n) is 2.63. The largest absolute Gasteiger partial charge is 0.445 e. The van der Waals surface area contributed by atoms with E-state index in [-0.39, 0.29) is 19.0 Å². The second kappa shape index (κ2) is 7.05. The van der Waals surface area contributed by atoms with Crippen molar-refractivity contribution in [3.63, 3.8) is 0 Å². The molecule has 0 unspecified atom stereocenters. The van der Waals surface area contributed by atoms with Crippen molar-refractivity contribution in [3.8, 4) is 0 Å². The molecule has 2 aromatic carbocycles. The van der Waals surface area contributed by atoms with Crippen molar-refractivity contribution in [2.75, 3.05) is 0 Å². The van der Waals surface area contributed by atoms with Crippen molar-refractivity contribution in [2.45, 2.75) is 13.2 Å². The van der Waals surface area contributed by atoms with Crippen molar-refractivity contribution < 1.29 is 13.9 Å². The normalized spacial score (nSPS) is 10.1. The predicted molar refractivity (Wildman–Crippen MR) is 77.6 cm³/mol. The zero-order valence-electron chi connectivity index (χ0n) is 10.6. The highest BCUT2D eigenvalue weighted by Crippen LogP contribution is 2.16. The minimum Gasteiger partial charge on any atom is -0.445 e. The number of carbonyl (C=O) groups is 1. The van der Waals surface area contributed by atoms with Crippen LogP contribution in [0.1, 0.15) is 11.1 Å². The van der Waals surface area contributed by atoms with Gasteiger partial charge in [-0.3, -0.25) is 0 Å². The van der Waals surface area contributed by atoms with E-state index in [2.05, 4.69) is 21.2 Å². The average molecular weight is 338 g/mol. The average Bonchev–Trinajstić information content (AvgIpc) is 2.47. The molecule has 2 aromatic rings. The lowest BCUT2D eigenvalue weighted by molar-refractivity contribution is 0.139. The van der Waals surface area contributed by atoms with E-state index in [1.807, 2.05) is 30.3 Å². The number of carbonyl (C=O) groups excluding carboxylic acids is 1. The highest BCUT2D eigenvalue weighted by atomic mass is 79.9. The lowest BCUT2D eigenvalue weighted by Gasteiger charge is -2.07. The molecule has 3 nitrogen and oxygen atoms in total. The summed E-state index contributed by atoms with van der Waals surface area (Å²) < 4.78 is 18.7.